The van der Waals surface area contributed by atoms with Crippen molar-refractivity contribution in [2.75, 3.05) is 26.2 Å². The fourth-order valence-corrected chi connectivity index (χ4v) is 3.40. The van der Waals surface area contributed by atoms with E-state index in [-0.39, 0.29) is 5.91 Å². The summed E-state index contributed by atoms with van der Waals surface area (Å²) in [6.45, 7) is 11.0. The molecule has 3 heterocycles. The van der Waals surface area contributed by atoms with Gasteiger partial charge in [-0.1, -0.05) is 20.8 Å². The third-order valence-corrected chi connectivity index (χ3v) is 4.89. The summed E-state index contributed by atoms with van der Waals surface area (Å²) in [7, 11) is 0. The van der Waals surface area contributed by atoms with Gasteiger partial charge in [-0.2, -0.15) is 5.10 Å². The summed E-state index contributed by atoms with van der Waals surface area (Å²) in [5.74, 6) is 0.624. The molecule has 1 aliphatic rings. The van der Waals surface area contributed by atoms with E-state index in [0.29, 0.717) is 17.1 Å². The molecule has 130 valence electrons. The summed E-state index contributed by atoms with van der Waals surface area (Å²) in [6, 6.07) is 0. The van der Waals surface area contributed by atoms with E-state index >= 15 is 0 Å². The Labute approximate surface area is 143 Å². The lowest BCUT2D eigenvalue weighted by molar-refractivity contribution is 0.0685. The van der Waals surface area contributed by atoms with Gasteiger partial charge in [0.15, 0.2) is 5.65 Å². The number of carbonyl (C=O) groups is 1. The Morgan fingerprint density at radius 3 is 2.83 bits per heavy atom. The van der Waals surface area contributed by atoms with E-state index in [0.717, 1.165) is 44.7 Å². The quantitative estimate of drug-likeness (QED) is 0.845. The van der Waals surface area contributed by atoms with Gasteiger partial charge in [0.25, 0.3) is 5.91 Å². The normalized spacial score (nSPS) is 18.5. The van der Waals surface area contributed by atoms with Crippen LogP contribution in [-0.4, -0.2) is 56.5 Å². The molecule has 1 amide bonds. The number of rotatable bonds is 5. The lowest BCUT2D eigenvalue weighted by atomic mass is 10.00. The first-order chi connectivity index (χ1) is 11.6. The highest BCUT2D eigenvalue weighted by atomic mass is 16.2. The molecule has 2 aromatic heterocycles. The summed E-state index contributed by atoms with van der Waals surface area (Å²) >= 11 is 0. The minimum Gasteiger partial charge on any atom is -0.338 e. The third-order valence-electron chi connectivity index (χ3n) is 4.89. The maximum absolute atomic E-state index is 12.8. The molecule has 0 spiro atoms. The number of hydrogen-bond donors (Lipinski definition) is 0. The molecule has 0 aliphatic carbocycles. The fraction of sp³-hybridized carbons (Fsp3) is 0.611. The summed E-state index contributed by atoms with van der Waals surface area (Å²) in [6.07, 6.45) is 7.78. The van der Waals surface area contributed by atoms with Gasteiger partial charge in [0.1, 0.15) is 5.56 Å². The van der Waals surface area contributed by atoms with E-state index in [1.165, 1.54) is 6.42 Å². The summed E-state index contributed by atoms with van der Waals surface area (Å²) < 4.78 is 1.74. The van der Waals surface area contributed by atoms with Gasteiger partial charge >= 0.3 is 0 Å². The highest BCUT2D eigenvalue weighted by molar-refractivity contribution is 5.99. The van der Waals surface area contributed by atoms with Gasteiger partial charge in [0.05, 0.1) is 6.20 Å². The van der Waals surface area contributed by atoms with Crippen LogP contribution >= 0.6 is 0 Å². The Morgan fingerprint density at radius 1 is 1.33 bits per heavy atom. The number of carbonyl (C=O) groups excluding carboxylic acids is 1. The van der Waals surface area contributed by atoms with Gasteiger partial charge in [0, 0.05) is 37.6 Å². The van der Waals surface area contributed by atoms with Crippen LogP contribution in [0.15, 0.2) is 18.6 Å². The van der Waals surface area contributed by atoms with Crippen LogP contribution in [-0.2, 0) is 6.54 Å². The Bertz CT molecular complexity index is 706. The number of hydrogen-bond acceptors (Lipinski definition) is 4. The molecule has 0 radical (unpaired) electrons. The first-order valence-electron chi connectivity index (χ1n) is 8.96. The van der Waals surface area contributed by atoms with Crippen molar-refractivity contribution in [1.82, 2.24) is 24.4 Å². The van der Waals surface area contributed by atoms with Gasteiger partial charge < -0.3 is 4.90 Å². The van der Waals surface area contributed by atoms with Gasteiger partial charge in [-0.25, -0.2) is 9.50 Å². The maximum atomic E-state index is 12.8. The molecule has 1 unspecified atom stereocenters. The van der Waals surface area contributed by atoms with Crippen molar-refractivity contribution in [3.8, 4) is 0 Å². The molecule has 2 aromatic rings. The smallest absolute Gasteiger partial charge is 0.259 e. The van der Waals surface area contributed by atoms with Crippen LogP contribution in [0.25, 0.3) is 5.65 Å². The van der Waals surface area contributed by atoms with Crippen molar-refractivity contribution >= 4 is 11.6 Å². The molecule has 1 atom stereocenters. The molecular weight excluding hydrogens is 302 g/mol. The van der Waals surface area contributed by atoms with Crippen LogP contribution in [0.1, 0.15) is 49.5 Å². The first-order valence-corrected chi connectivity index (χ1v) is 8.96. The predicted molar refractivity (Wildman–Crippen MR) is 93.9 cm³/mol. The van der Waals surface area contributed by atoms with Crippen LogP contribution in [0, 0.1) is 5.92 Å². The molecule has 3 rings (SSSR count). The van der Waals surface area contributed by atoms with Gasteiger partial charge in [-0.05, 0) is 31.8 Å². The lowest BCUT2D eigenvalue weighted by Gasteiger charge is -2.30. The molecule has 24 heavy (non-hydrogen) atoms. The SMILES string of the molecule is CCN(CC)Cc1cnc2c(C(=O)N3CCCC(C)C3)cnn2c1. The van der Waals surface area contributed by atoms with Crippen LogP contribution in [0.5, 0.6) is 0 Å². The van der Waals surface area contributed by atoms with E-state index in [4.69, 9.17) is 0 Å². The molecule has 0 saturated carbocycles. The predicted octanol–water partition coefficient (Wildman–Crippen LogP) is 2.44. The summed E-state index contributed by atoms with van der Waals surface area (Å²) in [4.78, 5) is 21.6. The number of aromatic nitrogens is 3. The molecule has 6 nitrogen and oxygen atoms in total. The van der Waals surface area contributed by atoms with Crippen LogP contribution in [0.2, 0.25) is 0 Å². The average Bonchev–Trinajstić information content (AvgIpc) is 3.02. The minimum atomic E-state index is 0.0561. The van der Waals surface area contributed by atoms with Gasteiger partial charge in [-0.15, -0.1) is 0 Å². The zero-order chi connectivity index (χ0) is 17.1. The lowest BCUT2D eigenvalue weighted by Crippen LogP contribution is -2.39. The molecule has 0 bridgehead atoms. The van der Waals surface area contributed by atoms with E-state index < -0.39 is 0 Å². The van der Waals surface area contributed by atoms with Crippen molar-refractivity contribution in [3.05, 3.63) is 29.7 Å². The average molecular weight is 329 g/mol. The molecular formula is C18H27N5O. The largest absolute Gasteiger partial charge is 0.338 e. The second kappa shape index (κ2) is 7.30. The van der Waals surface area contributed by atoms with Crippen LogP contribution < -0.4 is 0 Å². The van der Waals surface area contributed by atoms with Gasteiger partial charge in [-0.3, -0.25) is 9.69 Å². The maximum Gasteiger partial charge on any atom is 0.259 e. The Hall–Kier alpha value is -1.95. The molecule has 1 saturated heterocycles. The topological polar surface area (TPSA) is 53.7 Å². The summed E-state index contributed by atoms with van der Waals surface area (Å²) in [5, 5.41) is 4.36. The van der Waals surface area contributed by atoms with E-state index in [1.54, 1.807) is 10.7 Å². The molecule has 1 aliphatic heterocycles. The second-order valence-electron chi connectivity index (χ2n) is 6.75. The van der Waals surface area contributed by atoms with Crippen molar-refractivity contribution in [2.45, 2.75) is 40.2 Å². The highest BCUT2D eigenvalue weighted by Crippen LogP contribution is 2.19. The van der Waals surface area contributed by atoms with Crippen LogP contribution in [0.4, 0.5) is 0 Å². The van der Waals surface area contributed by atoms with E-state index in [9.17, 15) is 4.79 Å². The number of piperidine rings is 1. The number of fused-ring (bicyclic) bond motifs is 1. The van der Waals surface area contributed by atoms with Crippen molar-refractivity contribution < 1.29 is 4.79 Å². The van der Waals surface area contributed by atoms with Crippen LogP contribution in [0.3, 0.4) is 0 Å². The second-order valence-corrected chi connectivity index (χ2v) is 6.75. The minimum absolute atomic E-state index is 0.0561. The standard InChI is InChI=1S/C18H27N5O/c1-4-21(5-2)12-15-9-19-17-16(10-20-23(17)13-15)18(24)22-8-6-7-14(3)11-22/h9-10,13-14H,4-8,11-12H2,1-3H3. The Balaban J connectivity index is 1.81. The van der Waals surface area contributed by atoms with Crippen molar-refractivity contribution in [2.24, 2.45) is 5.92 Å². The zero-order valence-corrected chi connectivity index (χ0v) is 14.9. The van der Waals surface area contributed by atoms with E-state index in [1.807, 2.05) is 17.3 Å². The number of amides is 1. The fourth-order valence-electron chi connectivity index (χ4n) is 3.40. The third kappa shape index (κ3) is 3.43. The summed E-state index contributed by atoms with van der Waals surface area (Å²) in [5.41, 5.74) is 2.37. The Morgan fingerprint density at radius 2 is 2.12 bits per heavy atom. The Kier molecular flexibility index (Phi) is 5.14. The zero-order valence-electron chi connectivity index (χ0n) is 14.9. The number of likely N-dealkylation sites (tertiary alicyclic amines) is 1. The highest BCUT2D eigenvalue weighted by Gasteiger charge is 2.25. The number of nitrogens with zero attached hydrogens (tertiary/aromatic N) is 5. The van der Waals surface area contributed by atoms with Crippen molar-refractivity contribution in [3.63, 3.8) is 0 Å². The molecule has 6 heteroatoms. The molecule has 1 fully saturated rings. The van der Waals surface area contributed by atoms with E-state index in [2.05, 4.69) is 35.8 Å². The van der Waals surface area contributed by atoms with Crippen molar-refractivity contribution in [1.29, 1.82) is 0 Å². The monoisotopic (exact) mass is 329 g/mol. The first kappa shape index (κ1) is 16.9. The molecule has 0 aromatic carbocycles. The molecule has 0 N–H and O–H groups in total. The van der Waals surface area contributed by atoms with Gasteiger partial charge in [0.2, 0.25) is 0 Å².